The van der Waals surface area contributed by atoms with Gasteiger partial charge in [0.15, 0.2) is 0 Å². The number of pyridine rings is 1. The van der Waals surface area contributed by atoms with Gasteiger partial charge in [-0.05, 0) is 32.0 Å². The van der Waals surface area contributed by atoms with E-state index in [9.17, 15) is 0 Å². The second-order valence-electron chi connectivity index (χ2n) is 4.38. The molecule has 0 aliphatic carbocycles. The van der Waals surface area contributed by atoms with Crippen molar-refractivity contribution in [1.29, 1.82) is 0 Å². The summed E-state index contributed by atoms with van der Waals surface area (Å²) in [6.45, 7) is 7.29. The van der Waals surface area contributed by atoms with Gasteiger partial charge in [-0.3, -0.25) is 4.98 Å². The monoisotopic (exact) mass is 255 g/mol. The molecule has 0 saturated carbocycles. The van der Waals surface area contributed by atoms with Crippen LogP contribution in [-0.4, -0.2) is 36.1 Å². The van der Waals surface area contributed by atoms with Gasteiger partial charge in [-0.25, -0.2) is 0 Å². The highest BCUT2D eigenvalue weighted by atomic mass is 35.5. The number of nitrogens with zero attached hydrogens (tertiary/aromatic N) is 2. The van der Waals surface area contributed by atoms with Gasteiger partial charge in [0, 0.05) is 38.1 Å². The molecule has 0 bridgehead atoms. The van der Waals surface area contributed by atoms with Gasteiger partial charge in [0.05, 0.1) is 5.02 Å². The van der Waals surface area contributed by atoms with Crippen molar-refractivity contribution in [3.63, 3.8) is 0 Å². The van der Waals surface area contributed by atoms with E-state index in [4.69, 9.17) is 11.6 Å². The zero-order chi connectivity index (χ0) is 12.7. The second kappa shape index (κ2) is 7.64. The van der Waals surface area contributed by atoms with Crippen LogP contribution in [0.25, 0.3) is 0 Å². The molecule has 0 radical (unpaired) electrons. The summed E-state index contributed by atoms with van der Waals surface area (Å²) in [5.74, 6) is 0. The summed E-state index contributed by atoms with van der Waals surface area (Å²) < 4.78 is 0. The SMILES string of the molecule is CCC(C)N(C)CCNCc1ccncc1Cl. The number of halogens is 1. The fourth-order valence-corrected chi connectivity index (χ4v) is 1.74. The minimum Gasteiger partial charge on any atom is -0.311 e. The molecule has 0 aliphatic heterocycles. The Labute approximate surface area is 109 Å². The number of hydrogen-bond donors (Lipinski definition) is 1. The van der Waals surface area contributed by atoms with Crippen LogP contribution < -0.4 is 5.32 Å². The molecule has 0 fully saturated rings. The summed E-state index contributed by atoms with van der Waals surface area (Å²) in [6.07, 6.45) is 4.64. The van der Waals surface area contributed by atoms with E-state index in [0.717, 1.165) is 30.2 Å². The third-order valence-electron chi connectivity index (χ3n) is 3.16. The number of aromatic nitrogens is 1. The largest absolute Gasteiger partial charge is 0.311 e. The van der Waals surface area contributed by atoms with Gasteiger partial charge in [0.25, 0.3) is 0 Å². The summed E-state index contributed by atoms with van der Waals surface area (Å²) >= 11 is 6.03. The van der Waals surface area contributed by atoms with Gasteiger partial charge in [-0.2, -0.15) is 0 Å². The number of hydrogen-bond acceptors (Lipinski definition) is 3. The molecular weight excluding hydrogens is 234 g/mol. The Morgan fingerprint density at radius 3 is 2.94 bits per heavy atom. The van der Waals surface area contributed by atoms with Gasteiger partial charge in [0.2, 0.25) is 0 Å². The predicted octanol–water partition coefficient (Wildman–Crippen LogP) is 2.55. The summed E-state index contributed by atoms with van der Waals surface area (Å²) in [4.78, 5) is 6.33. The van der Waals surface area contributed by atoms with Crippen molar-refractivity contribution in [2.75, 3.05) is 20.1 Å². The lowest BCUT2D eigenvalue weighted by Gasteiger charge is -2.23. The molecule has 3 nitrogen and oxygen atoms in total. The molecule has 0 amide bonds. The first kappa shape index (κ1) is 14.4. The Bertz CT molecular complexity index is 330. The van der Waals surface area contributed by atoms with Crippen LogP contribution in [0.3, 0.4) is 0 Å². The van der Waals surface area contributed by atoms with E-state index in [-0.39, 0.29) is 0 Å². The van der Waals surface area contributed by atoms with Crippen LogP contribution in [0.15, 0.2) is 18.5 Å². The lowest BCUT2D eigenvalue weighted by atomic mass is 10.2. The lowest BCUT2D eigenvalue weighted by Crippen LogP contribution is -2.34. The molecule has 1 atom stereocenters. The Hall–Kier alpha value is -0.640. The molecule has 1 unspecified atom stereocenters. The van der Waals surface area contributed by atoms with Crippen molar-refractivity contribution in [2.45, 2.75) is 32.9 Å². The predicted molar refractivity (Wildman–Crippen MR) is 73.3 cm³/mol. The third kappa shape index (κ3) is 5.02. The van der Waals surface area contributed by atoms with Gasteiger partial charge in [-0.1, -0.05) is 18.5 Å². The van der Waals surface area contributed by atoms with Crippen molar-refractivity contribution >= 4 is 11.6 Å². The normalized spacial score (nSPS) is 13.0. The van der Waals surface area contributed by atoms with Gasteiger partial charge < -0.3 is 10.2 Å². The quantitative estimate of drug-likeness (QED) is 0.759. The fourth-order valence-electron chi connectivity index (χ4n) is 1.56. The fraction of sp³-hybridized carbons (Fsp3) is 0.615. The third-order valence-corrected chi connectivity index (χ3v) is 3.50. The summed E-state index contributed by atoms with van der Waals surface area (Å²) in [5, 5.41) is 4.13. The Morgan fingerprint density at radius 2 is 2.29 bits per heavy atom. The van der Waals surface area contributed by atoms with Crippen LogP contribution in [0.2, 0.25) is 5.02 Å². The Kier molecular flexibility index (Phi) is 6.48. The average Bonchev–Trinajstić information content (AvgIpc) is 2.35. The standard InChI is InChI=1S/C13H22ClN3/c1-4-11(2)17(3)8-7-16-9-12-5-6-15-10-13(12)14/h5-6,10-11,16H,4,7-9H2,1-3H3. The maximum Gasteiger partial charge on any atom is 0.0634 e. The molecule has 0 aliphatic rings. The molecule has 0 spiro atoms. The molecule has 1 heterocycles. The van der Waals surface area contributed by atoms with Crippen molar-refractivity contribution in [2.24, 2.45) is 0 Å². The molecule has 17 heavy (non-hydrogen) atoms. The minimum absolute atomic E-state index is 0.640. The molecule has 1 N–H and O–H groups in total. The van der Waals surface area contributed by atoms with E-state index in [2.05, 4.69) is 36.1 Å². The first-order valence-electron chi connectivity index (χ1n) is 6.14. The number of likely N-dealkylation sites (N-methyl/N-ethyl adjacent to an activating group) is 1. The molecular formula is C13H22ClN3. The minimum atomic E-state index is 0.640. The first-order valence-corrected chi connectivity index (χ1v) is 6.52. The smallest absolute Gasteiger partial charge is 0.0634 e. The molecule has 0 saturated heterocycles. The van der Waals surface area contributed by atoms with Crippen LogP contribution in [0.1, 0.15) is 25.8 Å². The van der Waals surface area contributed by atoms with Crippen LogP contribution in [0, 0.1) is 0 Å². The lowest BCUT2D eigenvalue weighted by molar-refractivity contribution is 0.252. The summed E-state index contributed by atoms with van der Waals surface area (Å²) in [5.41, 5.74) is 1.10. The maximum absolute atomic E-state index is 6.03. The number of rotatable bonds is 7. The summed E-state index contributed by atoms with van der Waals surface area (Å²) in [7, 11) is 2.16. The van der Waals surface area contributed by atoms with Crippen LogP contribution in [-0.2, 0) is 6.54 Å². The zero-order valence-corrected chi connectivity index (χ0v) is 11.7. The second-order valence-corrected chi connectivity index (χ2v) is 4.79. The molecule has 1 aromatic rings. The van der Waals surface area contributed by atoms with E-state index >= 15 is 0 Å². The van der Waals surface area contributed by atoms with Crippen molar-refractivity contribution in [1.82, 2.24) is 15.2 Å². The topological polar surface area (TPSA) is 28.2 Å². The van der Waals surface area contributed by atoms with Gasteiger partial charge in [0.1, 0.15) is 0 Å². The molecule has 4 heteroatoms. The van der Waals surface area contributed by atoms with E-state index < -0.39 is 0 Å². The van der Waals surface area contributed by atoms with Crippen LogP contribution in [0.5, 0.6) is 0 Å². The van der Waals surface area contributed by atoms with Gasteiger partial charge >= 0.3 is 0 Å². The molecule has 1 rings (SSSR count). The highest BCUT2D eigenvalue weighted by molar-refractivity contribution is 6.31. The first-order chi connectivity index (χ1) is 8.15. The van der Waals surface area contributed by atoms with E-state index in [0.29, 0.717) is 6.04 Å². The van der Waals surface area contributed by atoms with E-state index in [1.165, 1.54) is 6.42 Å². The zero-order valence-electron chi connectivity index (χ0n) is 10.9. The highest BCUT2D eigenvalue weighted by Crippen LogP contribution is 2.12. The molecule has 1 aromatic heterocycles. The maximum atomic E-state index is 6.03. The van der Waals surface area contributed by atoms with Crippen LogP contribution in [0.4, 0.5) is 0 Å². The van der Waals surface area contributed by atoms with Crippen LogP contribution >= 0.6 is 11.6 Å². The van der Waals surface area contributed by atoms with Crippen molar-refractivity contribution in [3.05, 3.63) is 29.0 Å². The van der Waals surface area contributed by atoms with E-state index in [1.54, 1.807) is 12.4 Å². The Morgan fingerprint density at radius 1 is 1.53 bits per heavy atom. The van der Waals surface area contributed by atoms with Crippen molar-refractivity contribution in [3.8, 4) is 0 Å². The molecule has 0 aromatic carbocycles. The number of nitrogens with one attached hydrogen (secondary N) is 1. The highest BCUT2D eigenvalue weighted by Gasteiger charge is 2.05. The van der Waals surface area contributed by atoms with Gasteiger partial charge in [-0.15, -0.1) is 0 Å². The molecule has 96 valence electrons. The summed E-state index contributed by atoms with van der Waals surface area (Å²) in [6, 6.07) is 2.59. The average molecular weight is 256 g/mol. The van der Waals surface area contributed by atoms with Crippen molar-refractivity contribution < 1.29 is 0 Å². The Balaban J connectivity index is 2.23. The van der Waals surface area contributed by atoms with E-state index in [1.807, 2.05) is 6.07 Å².